The van der Waals surface area contributed by atoms with Gasteiger partial charge in [0.15, 0.2) is 0 Å². The van der Waals surface area contributed by atoms with Crippen molar-refractivity contribution in [3.8, 4) is 0 Å². The highest BCUT2D eigenvalue weighted by atomic mass is 16.5. The van der Waals surface area contributed by atoms with Crippen LogP contribution < -0.4 is 5.73 Å². The zero-order valence-corrected chi connectivity index (χ0v) is 15.2. The second-order valence-corrected chi connectivity index (χ2v) is 7.48. The number of hydrogen-bond donors (Lipinski definition) is 1. The standard InChI is InChI=1S/C21H27N3O2/c22-21(8-14-26-15-9-21)20(25)24-12-10-23(11-13-24)16-18-6-3-5-17-4-1-2-7-19(17)18/h1-7H,8-16,22H2. The first-order valence-corrected chi connectivity index (χ1v) is 9.51. The number of ether oxygens (including phenoxy) is 1. The molecule has 2 aromatic carbocycles. The van der Waals surface area contributed by atoms with E-state index in [1.807, 2.05) is 4.90 Å². The van der Waals surface area contributed by atoms with Crippen molar-refractivity contribution < 1.29 is 9.53 Å². The minimum Gasteiger partial charge on any atom is -0.381 e. The maximum atomic E-state index is 12.8. The fraction of sp³-hybridized carbons (Fsp3) is 0.476. The third-order valence-electron chi connectivity index (χ3n) is 5.74. The average Bonchev–Trinajstić information content (AvgIpc) is 2.69. The van der Waals surface area contributed by atoms with Crippen LogP contribution in [-0.4, -0.2) is 60.6 Å². The molecule has 0 aliphatic carbocycles. The quantitative estimate of drug-likeness (QED) is 0.917. The lowest BCUT2D eigenvalue weighted by Gasteiger charge is -2.41. The molecule has 0 saturated carbocycles. The van der Waals surface area contributed by atoms with E-state index in [1.165, 1.54) is 16.3 Å². The van der Waals surface area contributed by atoms with Crippen LogP contribution in [0.4, 0.5) is 0 Å². The van der Waals surface area contributed by atoms with Gasteiger partial charge in [0.05, 0.1) is 5.54 Å². The van der Waals surface area contributed by atoms with Crippen molar-refractivity contribution in [3.63, 3.8) is 0 Å². The van der Waals surface area contributed by atoms with Gasteiger partial charge in [0.25, 0.3) is 0 Å². The zero-order valence-electron chi connectivity index (χ0n) is 15.2. The molecule has 0 bridgehead atoms. The molecule has 0 spiro atoms. The van der Waals surface area contributed by atoms with Crippen LogP contribution in [0.1, 0.15) is 18.4 Å². The Morgan fingerprint density at radius 2 is 1.69 bits per heavy atom. The number of benzene rings is 2. The van der Waals surface area contributed by atoms with E-state index in [4.69, 9.17) is 10.5 Å². The average molecular weight is 353 g/mol. The van der Waals surface area contributed by atoms with Gasteiger partial charge < -0.3 is 15.4 Å². The number of amides is 1. The number of carbonyl (C=O) groups excluding carboxylic acids is 1. The summed E-state index contributed by atoms with van der Waals surface area (Å²) in [4.78, 5) is 17.2. The summed E-state index contributed by atoms with van der Waals surface area (Å²) < 4.78 is 5.36. The van der Waals surface area contributed by atoms with Crippen LogP contribution in [0, 0.1) is 0 Å². The van der Waals surface area contributed by atoms with E-state index >= 15 is 0 Å². The lowest BCUT2D eigenvalue weighted by molar-refractivity contribution is -0.142. The summed E-state index contributed by atoms with van der Waals surface area (Å²) in [6, 6.07) is 15.0. The number of carbonyl (C=O) groups is 1. The van der Waals surface area contributed by atoms with Gasteiger partial charge in [0, 0.05) is 45.9 Å². The minimum absolute atomic E-state index is 0.102. The smallest absolute Gasteiger partial charge is 0.242 e. The van der Waals surface area contributed by atoms with Crippen molar-refractivity contribution in [2.24, 2.45) is 5.73 Å². The summed E-state index contributed by atoms with van der Waals surface area (Å²) in [5.41, 5.74) is 6.99. The van der Waals surface area contributed by atoms with E-state index in [2.05, 4.69) is 47.4 Å². The van der Waals surface area contributed by atoms with Crippen LogP contribution in [0.5, 0.6) is 0 Å². The van der Waals surface area contributed by atoms with Crippen molar-refractivity contribution in [1.82, 2.24) is 9.80 Å². The van der Waals surface area contributed by atoms with Gasteiger partial charge in [-0.05, 0) is 29.2 Å². The molecule has 0 aromatic heterocycles. The van der Waals surface area contributed by atoms with E-state index in [0.29, 0.717) is 26.1 Å². The van der Waals surface area contributed by atoms with Gasteiger partial charge in [-0.3, -0.25) is 9.69 Å². The van der Waals surface area contributed by atoms with Crippen LogP contribution in [0.3, 0.4) is 0 Å². The monoisotopic (exact) mass is 353 g/mol. The van der Waals surface area contributed by atoms with Gasteiger partial charge >= 0.3 is 0 Å². The molecular weight excluding hydrogens is 326 g/mol. The molecule has 0 unspecified atom stereocenters. The molecule has 5 nitrogen and oxygen atoms in total. The van der Waals surface area contributed by atoms with Crippen LogP contribution in [0.25, 0.3) is 10.8 Å². The normalized spacial score (nSPS) is 21.0. The second-order valence-electron chi connectivity index (χ2n) is 7.48. The third kappa shape index (κ3) is 3.47. The number of nitrogens with two attached hydrogens (primary N) is 1. The molecule has 2 aliphatic rings. The second kappa shape index (κ2) is 7.35. The van der Waals surface area contributed by atoms with E-state index in [9.17, 15) is 4.79 Å². The Hall–Kier alpha value is -1.95. The molecular formula is C21H27N3O2. The molecule has 2 heterocycles. The lowest BCUT2D eigenvalue weighted by atomic mass is 9.89. The van der Waals surface area contributed by atoms with Gasteiger partial charge in [0.1, 0.15) is 0 Å². The van der Waals surface area contributed by atoms with E-state index < -0.39 is 5.54 Å². The first-order chi connectivity index (χ1) is 12.7. The first kappa shape index (κ1) is 17.5. The third-order valence-corrected chi connectivity index (χ3v) is 5.74. The summed E-state index contributed by atoms with van der Waals surface area (Å²) in [5, 5.41) is 2.60. The van der Waals surface area contributed by atoms with E-state index in [0.717, 1.165) is 32.7 Å². The van der Waals surface area contributed by atoms with E-state index in [-0.39, 0.29) is 5.91 Å². The molecule has 2 fully saturated rings. The highest BCUT2D eigenvalue weighted by Gasteiger charge is 2.39. The zero-order chi connectivity index (χ0) is 18.0. The number of fused-ring (bicyclic) bond motifs is 1. The Bertz CT molecular complexity index is 772. The molecule has 5 heteroatoms. The predicted molar refractivity (Wildman–Crippen MR) is 103 cm³/mol. The number of piperazine rings is 1. The fourth-order valence-electron chi connectivity index (χ4n) is 4.04. The van der Waals surface area contributed by atoms with Crippen molar-refractivity contribution in [2.75, 3.05) is 39.4 Å². The summed E-state index contributed by atoms with van der Waals surface area (Å²) in [7, 11) is 0. The molecule has 138 valence electrons. The summed E-state index contributed by atoms with van der Waals surface area (Å²) in [6.45, 7) is 5.38. The molecule has 2 aromatic rings. The maximum Gasteiger partial charge on any atom is 0.242 e. The minimum atomic E-state index is -0.726. The molecule has 2 N–H and O–H groups in total. The Morgan fingerprint density at radius 3 is 2.46 bits per heavy atom. The van der Waals surface area contributed by atoms with Crippen molar-refractivity contribution in [1.29, 1.82) is 0 Å². The molecule has 0 atom stereocenters. The van der Waals surface area contributed by atoms with Gasteiger partial charge in [0.2, 0.25) is 5.91 Å². The van der Waals surface area contributed by atoms with Crippen LogP contribution in [0.2, 0.25) is 0 Å². The van der Waals surface area contributed by atoms with Crippen LogP contribution in [0.15, 0.2) is 42.5 Å². The Kier molecular flexibility index (Phi) is 4.94. The highest BCUT2D eigenvalue weighted by molar-refractivity contribution is 5.86. The lowest BCUT2D eigenvalue weighted by Crippen LogP contribution is -2.61. The Balaban J connectivity index is 1.38. The first-order valence-electron chi connectivity index (χ1n) is 9.51. The van der Waals surface area contributed by atoms with Gasteiger partial charge in [-0.15, -0.1) is 0 Å². The number of nitrogens with zero attached hydrogens (tertiary/aromatic N) is 2. The summed E-state index contributed by atoms with van der Waals surface area (Å²) in [5.74, 6) is 0.102. The fourth-order valence-corrected chi connectivity index (χ4v) is 4.04. The number of hydrogen-bond acceptors (Lipinski definition) is 4. The Labute approximate surface area is 154 Å². The number of rotatable bonds is 3. The maximum absolute atomic E-state index is 12.8. The predicted octanol–water partition coefficient (Wildman–Crippen LogP) is 1.99. The van der Waals surface area contributed by atoms with Crippen molar-refractivity contribution in [2.45, 2.75) is 24.9 Å². The Morgan fingerprint density at radius 1 is 1.00 bits per heavy atom. The topological polar surface area (TPSA) is 58.8 Å². The largest absolute Gasteiger partial charge is 0.381 e. The van der Waals surface area contributed by atoms with Crippen molar-refractivity contribution >= 4 is 16.7 Å². The SMILES string of the molecule is NC1(C(=O)N2CCN(Cc3cccc4ccccc34)CC2)CCOCC1. The molecule has 1 amide bonds. The highest BCUT2D eigenvalue weighted by Crippen LogP contribution is 2.23. The summed E-state index contributed by atoms with van der Waals surface area (Å²) >= 11 is 0. The van der Waals surface area contributed by atoms with Gasteiger partial charge in [-0.1, -0.05) is 42.5 Å². The van der Waals surface area contributed by atoms with Crippen molar-refractivity contribution in [3.05, 3.63) is 48.0 Å². The molecule has 2 aliphatic heterocycles. The van der Waals surface area contributed by atoms with Gasteiger partial charge in [-0.25, -0.2) is 0 Å². The molecule has 0 radical (unpaired) electrons. The summed E-state index contributed by atoms with van der Waals surface area (Å²) in [6.07, 6.45) is 1.25. The molecule has 26 heavy (non-hydrogen) atoms. The van der Waals surface area contributed by atoms with Crippen LogP contribution in [-0.2, 0) is 16.1 Å². The molecule has 2 saturated heterocycles. The van der Waals surface area contributed by atoms with E-state index in [1.54, 1.807) is 0 Å². The molecule has 4 rings (SSSR count). The van der Waals surface area contributed by atoms with Crippen LogP contribution >= 0.6 is 0 Å². The van der Waals surface area contributed by atoms with Gasteiger partial charge in [-0.2, -0.15) is 0 Å².